The van der Waals surface area contributed by atoms with Crippen LogP contribution in [0.15, 0.2) is 0 Å². The minimum atomic E-state index is -0.982. The third-order valence-corrected chi connectivity index (χ3v) is 4.82. The summed E-state index contributed by atoms with van der Waals surface area (Å²) in [5.41, 5.74) is 0. The minimum absolute atomic E-state index is 0.0440. The first-order chi connectivity index (χ1) is 12.5. The van der Waals surface area contributed by atoms with Crippen LogP contribution >= 0.6 is 11.8 Å². The molecule has 0 bridgehead atoms. The lowest BCUT2D eigenvalue weighted by Gasteiger charge is -2.33. The highest BCUT2D eigenvalue weighted by atomic mass is 32.2. The Labute approximate surface area is 163 Å². The molecule has 1 amide bonds. The van der Waals surface area contributed by atoms with E-state index < -0.39 is 41.5 Å². The molecule has 0 aromatic carbocycles. The second-order valence-corrected chi connectivity index (χ2v) is 8.00. The van der Waals surface area contributed by atoms with Crippen molar-refractivity contribution in [2.45, 2.75) is 70.2 Å². The topological polar surface area (TPSA) is 109 Å². The summed E-state index contributed by atoms with van der Waals surface area (Å²) in [7, 11) is 2.89. The van der Waals surface area contributed by atoms with Gasteiger partial charge in [-0.3, -0.25) is 14.4 Å². The van der Waals surface area contributed by atoms with Crippen molar-refractivity contribution >= 4 is 28.8 Å². The van der Waals surface area contributed by atoms with Gasteiger partial charge in [0.05, 0.1) is 5.25 Å². The molecule has 1 aliphatic heterocycles. The Balaban J connectivity index is 3.21. The van der Waals surface area contributed by atoms with Crippen LogP contribution in [0.4, 0.5) is 0 Å². The Kier molecular flexibility index (Phi) is 9.16. The highest BCUT2D eigenvalue weighted by Gasteiger charge is 2.51. The molecular weight excluding hydrogens is 378 g/mol. The van der Waals surface area contributed by atoms with Crippen LogP contribution in [0.2, 0.25) is 0 Å². The predicted octanol–water partition coefficient (Wildman–Crippen LogP) is 0.842. The normalized spacial score (nSPS) is 23.7. The fourth-order valence-electron chi connectivity index (χ4n) is 2.92. The maximum absolute atomic E-state index is 11.7. The molecule has 1 saturated heterocycles. The van der Waals surface area contributed by atoms with E-state index in [-0.39, 0.29) is 17.6 Å². The Morgan fingerprint density at radius 2 is 1.63 bits per heavy atom. The summed E-state index contributed by atoms with van der Waals surface area (Å²) in [5.74, 6) is -1.75. The number of methoxy groups -OCH3 is 2. The molecular formula is C17H29NO8S. The number of esters is 1. The van der Waals surface area contributed by atoms with Gasteiger partial charge in [-0.05, 0) is 13.8 Å². The van der Waals surface area contributed by atoms with Crippen molar-refractivity contribution in [2.24, 2.45) is 0 Å². The third-order valence-electron chi connectivity index (χ3n) is 3.78. The molecule has 0 aliphatic carbocycles. The minimum Gasteiger partial charge on any atom is -0.465 e. The van der Waals surface area contributed by atoms with Gasteiger partial charge in [0.15, 0.2) is 17.2 Å². The summed E-state index contributed by atoms with van der Waals surface area (Å²) in [6.07, 6.45) is -2.19. The Morgan fingerprint density at radius 1 is 1.07 bits per heavy atom. The lowest BCUT2D eigenvalue weighted by Crippen LogP contribution is -2.57. The van der Waals surface area contributed by atoms with Gasteiger partial charge in [0.1, 0.15) is 24.9 Å². The van der Waals surface area contributed by atoms with Crippen molar-refractivity contribution < 1.29 is 38.1 Å². The van der Waals surface area contributed by atoms with E-state index in [1.165, 1.54) is 35.0 Å². The highest BCUT2D eigenvalue weighted by molar-refractivity contribution is 8.14. The summed E-state index contributed by atoms with van der Waals surface area (Å²) in [6.45, 7) is 7.47. The fourth-order valence-corrected chi connectivity index (χ4v) is 3.83. The van der Waals surface area contributed by atoms with Gasteiger partial charge in [0.25, 0.3) is 0 Å². The van der Waals surface area contributed by atoms with Gasteiger partial charge in [0, 0.05) is 35.0 Å². The fraction of sp³-hybridized carbons (Fsp3) is 0.824. The molecule has 0 spiro atoms. The first-order valence-corrected chi connectivity index (χ1v) is 9.37. The molecule has 0 radical (unpaired) electrons. The van der Waals surface area contributed by atoms with Crippen molar-refractivity contribution in [1.82, 2.24) is 5.32 Å². The first kappa shape index (κ1) is 23.8. The molecule has 10 heteroatoms. The zero-order valence-electron chi connectivity index (χ0n) is 16.8. The molecule has 1 aliphatic rings. The lowest BCUT2D eigenvalue weighted by molar-refractivity contribution is -0.175. The van der Waals surface area contributed by atoms with Crippen molar-refractivity contribution in [1.29, 1.82) is 0 Å². The molecule has 156 valence electrons. The number of amides is 1. The number of thioether (sulfide) groups is 1. The van der Waals surface area contributed by atoms with E-state index in [4.69, 9.17) is 23.7 Å². The van der Waals surface area contributed by atoms with Crippen molar-refractivity contribution in [3.05, 3.63) is 0 Å². The van der Waals surface area contributed by atoms with Gasteiger partial charge in [-0.25, -0.2) is 0 Å². The highest BCUT2D eigenvalue weighted by Crippen LogP contribution is 2.37. The SMILES string of the molecule is COC(OC)[C@H](NC(C)=O)[C@H]1OC(C)(C)O[C@@H]1[C@@H](COC(C)=O)SC(C)=O. The number of rotatable bonds is 9. The third kappa shape index (κ3) is 7.38. The summed E-state index contributed by atoms with van der Waals surface area (Å²) >= 11 is 0.991. The summed E-state index contributed by atoms with van der Waals surface area (Å²) in [5, 5.41) is 2.07. The quantitative estimate of drug-likeness (QED) is 0.439. The van der Waals surface area contributed by atoms with Gasteiger partial charge < -0.3 is 29.0 Å². The predicted molar refractivity (Wildman–Crippen MR) is 97.9 cm³/mol. The van der Waals surface area contributed by atoms with E-state index >= 15 is 0 Å². The van der Waals surface area contributed by atoms with Crippen LogP contribution in [0.5, 0.6) is 0 Å². The molecule has 1 fully saturated rings. The zero-order valence-corrected chi connectivity index (χ0v) is 17.6. The van der Waals surface area contributed by atoms with E-state index in [9.17, 15) is 14.4 Å². The number of hydrogen-bond donors (Lipinski definition) is 1. The second kappa shape index (κ2) is 10.4. The molecule has 0 aromatic rings. The largest absolute Gasteiger partial charge is 0.465 e. The van der Waals surface area contributed by atoms with Gasteiger partial charge in [-0.15, -0.1) is 0 Å². The Hall–Kier alpha value is -1.20. The van der Waals surface area contributed by atoms with Crippen LogP contribution in [-0.4, -0.2) is 73.4 Å². The zero-order chi connectivity index (χ0) is 20.8. The summed E-state index contributed by atoms with van der Waals surface area (Å²) in [4.78, 5) is 34.7. The van der Waals surface area contributed by atoms with Gasteiger partial charge >= 0.3 is 5.97 Å². The Bertz CT molecular complexity index is 537. The smallest absolute Gasteiger partial charge is 0.302 e. The van der Waals surface area contributed by atoms with Crippen LogP contribution in [0.1, 0.15) is 34.6 Å². The molecule has 0 saturated carbocycles. The first-order valence-electron chi connectivity index (χ1n) is 8.49. The van der Waals surface area contributed by atoms with Gasteiger partial charge in [0.2, 0.25) is 5.91 Å². The molecule has 1 heterocycles. The van der Waals surface area contributed by atoms with Crippen molar-refractivity contribution in [3.63, 3.8) is 0 Å². The van der Waals surface area contributed by atoms with Crippen LogP contribution in [-0.2, 0) is 38.1 Å². The molecule has 9 nitrogen and oxygen atoms in total. The van der Waals surface area contributed by atoms with E-state index in [0.29, 0.717) is 0 Å². The average molecular weight is 407 g/mol. The van der Waals surface area contributed by atoms with Crippen LogP contribution in [0, 0.1) is 0 Å². The van der Waals surface area contributed by atoms with Crippen molar-refractivity contribution in [2.75, 3.05) is 20.8 Å². The summed E-state index contributed by atoms with van der Waals surface area (Å²) < 4.78 is 27.8. The van der Waals surface area contributed by atoms with Crippen LogP contribution in [0.25, 0.3) is 0 Å². The standard InChI is InChI=1S/C17H29NO8S/c1-9(19)18-13(16(22-6)23-7)15-14(25-17(4,5)26-15)12(27-11(3)21)8-24-10(2)20/h12-16H,8H2,1-7H3,(H,18,19)/t12-,13-,14-,15-/m1/s1. The monoisotopic (exact) mass is 407 g/mol. The molecule has 1 rings (SSSR count). The molecule has 0 aromatic heterocycles. The number of ether oxygens (including phenoxy) is 5. The average Bonchev–Trinajstić information content (AvgIpc) is 2.86. The maximum Gasteiger partial charge on any atom is 0.302 e. The van der Waals surface area contributed by atoms with E-state index in [0.717, 1.165) is 11.8 Å². The number of carbonyl (C=O) groups excluding carboxylic acids is 3. The summed E-state index contributed by atoms with van der Waals surface area (Å²) in [6, 6.07) is -0.711. The number of carbonyl (C=O) groups is 3. The van der Waals surface area contributed by atoms with Crippen LogP contribution in [0.3, 0.4) is 0 Å². The molecule has 4 atom stereocenters. The van der Waals surface area contributed by atoms with Crippen molar-refractivity contribution in [3.8, 4) is 0 Å². The Morgan fingerprint density at radius 3 is 2.07 bits per heavy atom. The van der Waals surface area contributed by atoms with Gasteiger partial charge in [-0.1, -0.05) is 11.8 Å². The number of hydrogen-bond acceptors (Lipinski definition) is 9. The number of nitrogens with one attached hydrogen (secondary N) is 1. The van der Waals surface area contributed by atoms with E-state index in [1.807, 2.05) is 0 Å². The van der Waals surface area contributed by atoms with E-state index in [1.54, 1.807) is 13.8 Å². The van der Waals surface area contributed by atoms with E-state index in [2.05, 4.69) is 5.32 Å². The molecule has 27 heavy (non-hydrogen) atoms. The second-order valence-electron chi connectivity index (χ2n) is 6.58. The van der Waals surface area contributed by atoms with Crippen LogP contribution < -0.4 is 5.32 Å². The van der Waals surface area contributed by atoms with Gasteiger partial charge in [-0.2, -0.15) is 0 Å². The lowest BCUT2D eigenvalue weighted by atomic mass is 10.0. The molecule has 0 unspecified atom stereocenters. The molecule has 1 N–H and O–H groups in total. The maximum atomic E-state index is 11.7.